The zero-order valence-electron chi connectivity index (χ0n) is 9.06. The summed E-state index contributed by atoms with van der Waals surface area (Å²) in [5.41, 5.74) is -1.37. The number of hydrogen-bond acceptors (Lipinski definition) is 3. The topological polar surface area (TPSA) is 77.8 Å². The first-order valence-corrected chi connectivity index (χ1v) is 5.03. The van der Waals surface area contributed by atoms with Gasteiger partial charge in [-0.1, -0.05) is 0 Å². The van der Waals surface area contributed by atoms with Gasteiger partial charge in [0.1, 0.15) is 5.41 Å². The van der Waals surface area contributed by atoms with Gasteiger partial charge in [-0.15, -0.1) is 0 Å². The molecule has 0 aromatic rings. The molecule has 1 heterocycles. The Balaban J connectivity index is 2.66. The molecule has 0 aromatic carbocycles. The van der Waals surface area contributed by atoms with E-state index < -0.39 is 11.4 Å². The molecular formula is C10H17NO4. The highest BCUT2D eigenvalue weighted by atomic mass is 16.4. The number of carbonyl (C=O) groups is 2. The summed E-state index contributed by atoms with van der Waals surface area (Å²) < 4.78 is 0. The number of hydrogen-bond donors (Lipinski definition) is 2. The number of aliphatic carboxylic acids is 1. The van der Waals surface area contributed by atoms with Crippen molar-refractivity contribution < 1.29 is 19.8 Å². The van der Waals surface area contributed by atoms with Crippen LogP contribution in [0.1, 0.15) is 20.3 Å². The highest BCUT2D eigenvalue weighted by molar-refractivity contribution is 6.01. The SMILES string of the molecule is CC(C)(C(=O)O)C(=O)N1CCC(CO)C1. The average Bonchev–Trinajstić information content (AvgIpc) is 2.64. The van der Waals surface area contributed by atoms with Gasteiger partial charge in [0, 0.05) is 25.6 Å². The normalized spacial score (nSPS) is 21.8. The Hall–Kier alpha value is -1.10. The molecule has 1 rings (SSSR count). The molecule has 1 amide bonds. The highest BCUT2D eigenvalue weighted by Crippen LogP contribution is 2.24. The van der Waals surface area contributed by atoms with Crippen LogP contribution in [0, 0.1) is 11.3 Å². The van der Waals surface area contributed by atoms with E-state index in [1.165, 1.54) is 18.7 Å². The minimum absolute atomic E-state index is 0.0529. The Labute approximate surface area is 88.7 Å². The third-order valence-electron chi connectivity index (χ3n) is 2.90. The minimum atomic E-state index is -1.37. The number of likely N-dealkylation sites (tertiary alicyclic amines) is 1. The second-order valence-electron chi connectivity index (χ2n) is 4.52. The molecule has 1 saturated heterocycles. The molecule has 1 aliphatic heterocycles. The zero-order chi connectivity index (χ0) is 11.6. The summed E-state index contributed by atoms with van der Waals surface area (Å²) >= 11 is 0. The van der Waals surface area contributed by atoms with Gasteiger partial charge in [-0.3, -0.25) is 9.59 Å². The second kappa shape index (κ2) is 4.18. The smallest absolute Gasteiger partial charge is 0.318 e. The van der Waals surface area contributed by atoms with Crippen molar-refractivity contribution in [2.45, 2.75) is 20.3 Å². The van der Waals surface area contributed by atoms with Crippen molar-refractivity contribution in [1.29, 1.82) is 0 Å². The van der Waals surface area contributed by atoms with Crippen LogP contribution in [0.4, 0.5) is 0 Å². The molecule has 5 nitrogen and oxygen atoms in total. The van der Waals surface area contributed by atoms with Crippen molar-refractivity contribution in [2.75, 3.05) is 19.7 Å². The summed E-state index contributed by atoms with van der Waals surface area (Å²) in [4.78, 5) is 24.2. The predicted molar refractivity (Wildman–Crippen MR) is 53.2 cm³/mol. The number of nitrogens with zero attached hydrogens (tertiary/aromatic N) is 1. The molecular weight excluding hydrogens is 198 g/mol. The first-order chi connectivity index (χ1) is 6.89. The first kappa shape index (κ1) is 12.0. The first-order valence-electron chi connectivity index (χ1n) is 5.03. The predicted octanol–water partition coefficient (Wildman–Crippen LogP) is -0.0620. The molecule has 1 unspecified atom stereocenters. The van der Waals surface area contributed by atoms with E-state index >= 15 is 0 Å². The van der Waals surface area contributed by atoms with Crippen LogP contribution in [-0.2, 0) is 9.59 Å². The van der Waals surface area contributed by atoms with Gasteiger partial charge in [-0.05, 0) is 20.3 Å². The summed E-state index contributed by atoms with van der Waals surface area (Å²) in [6.07, 6.45) is 0.748. The molecule has 15 heavy (non-hydrogen) atoms. The van der Waals surface area contributed by atoms with Gasteiger partial charge in [0.05, 0.1) is 0 Å². The lowest BCUT2D eigenvalue weighted by Crippen LogP contribution is -2.44. The van der Waals surface area contributed by atoms with Crippen molar-refractivity contribution >= 4 is 11.9 Å². The van der Waals surface area contributed by atoms with E-state index in [1.54, 1.807) is 0 Å². The summed E-state index contributed by atoms with van der Waals surface area (Å²) in [6, 6.07) is 0. The molecule has 2 N–H and O–H groups in total. The van der Waals surface area contributed by atoms with E-state index in [-0.39, 0.29) is 18.4 Å². The molecule has 1 fully saturated rings. The Morgan fingerprint density at radius 3 is 2.47 bits per heavy atom. The zero-order valence-corrected chi connectivity index (χ0v) is 9.06. The van der Waals surface area contributed by atoms with Gasteiger partial charge in [0.2, 0.25) is 5.91 Å². The van der Waals surface area contributed by atoms with Crippen molar-refractivity contribution in [3.05, 3.63) is 0 Å². The van der Waals surface area contributed by atoms with Gasteiger partial charge in [-0.25, -0.2) is 0 Å². The highest BCUT2D eigenvalue weighted by Gasteiger charge is 2.41. The number of carboxylic acid groups (broad SMARTS) is 1. The van der Waals surface area contributed by atoms with Gasteiger partial charge < -0.3 is 15.1 Å². The van der Waals surface area contributed by atoms with Crippen LogP contribution in [0.3, 0.4) is 0 Å². The Bertz CT molecular complexity index is 275. The van der Waals surface area contributed by atoms with Crippen LogP contribution in [0.25, 0.3) is 0 Å². The molecule has 0 saturated carbocycles. The van der Waals surface area contributed by atoms with E-state index in [9.17, 15) is 9.59 Å². The lowest BCUT2D eigenvalue weighted by atomic mass is 9.92. The number of amides is 1. The molecule has 5 heteroatoms. The van der Waals surface area contributed by atoms with E-state index in [1.807, 2.05) is 0 Å². The number of carboxylic acids is 1. The summed E-state index contributed by atoms with van der Waals surface area (Å²) in [6.45, 7) is 3.87. The maximum absolute atomic E-state index is 11.8. The van der Waals surface area contributed by atoms with Gasteiger partial charge in [-0.2, -0.15) is 0 Å². The fraction of sp³-hybridized carbons (Fsp3) is 0.800. The maximum atomic E-state index is 11.8. The van der Waals surface area contributed by atoms with Crippen LogP contribution < -0.4 is 0 Å². The molecule has 1 atom stereocenters. The number of carbonyl (C=O) groups excluding carboxylic acids is 1. The van der Waals surface area contributed by atoms with Gasteiger partial charge in [0.15, 0.2) is 0 Å². The molecule has 0 radical (unpaired) electrons. The van der Waals surface area contributed by atoms with Gasteiger partial charge >= 0.3 is 5.97 Å². The number of rotatable bonds is 3. The third kappa shape index (κ3) is 2.28. The standard InChI is InChI=1S/C10H17NO4/c1-10(2,9(14)15)8(13)11-4-3-7(5-11)6-12/h7,12H,3-6H2,1-2H3,(H,14,15). The maximum Gasteiger partial charge on any atom is 0.318 e. The quantitative estimate of drug-likeness (QED) is 0.646. The van der Waals surface area contributed by atoms with Crippen molar-refractivity contribution in [3.8, 4) is 0 Å². The Morgan fingerprint density at radius 1 is 1.47 bits per heavy atom. The lowest BCUT2D eigenvalue weighted by molar-refractivity contribution is -0.157. The monoisotopic (exact) mass is 215 g/mol. The second-order valence-corrected chi connectivity index (χ2v) is 4.52. The van der Waals surface area contributed by atoms with E-state index in [2.05, 4.69) is 0 Å². The fourth-order valence-corrected chi connectivity index (χ4v) is 1.65. The van der Waals surface area contributed by atoms with Gasteiger partial charge in [0.25, 0.3) is 0 Å². The third-order valence-corrected chi connectivity index (χ3v) is 2.90. The summed E-state index contributed by atoms with van der Waals surface area (Å²) in [5.74, 6) is -1.38. The average molecular weight is 215 g/mol. The van der Waals surface area contributed by atoms with Crippen LogP contribution in [0.2, 0.25) is 0 Å². The summed E-state index contributed by atoms with van der Waals surface area (Å²) in [7, 11) is 0. The number of aliphatic hydroxyl groups excluding tert-OH is 1. The molecule has 0 aromatic heterocycles. The number of aliphatic hydroxyl groups is 1. The molecule has 1 aliphatic rings. The largest absolute Gasteiger partial charge is 0.480 e. The Kier molecular flexibility index (Phi) is 3.34. The van der Waals surface area contributed by atoms with Crippen molar-refractivity contribution in [3.63, 3.8) is 0 Å². The Morgan fingerprint density at radius 2 is 2.07 bits per heavy atom. The van der Waals surface area contributed by atoms with Crippen LogP contribution in [-0.4, -0.2) is 46.7 Å². The van der Waals surface area contributed by atoms with Crippen LogP contribution in [0.15, 0.2) is 0 Å². The van der Waals surface area contributed by atoms with Crippen molar-refractivity contribution in [2.24, 2.45) is 11.3 Å². The molecule has 0 bridgehead atoms. The summed E-state index contributed by atoms with van der Waals surface area (Å²) in [5, 5.41) is 17.8. The molecule has 0 spiro atoms. The molecule has 0 aliphatic carbocycles. The van der Waals surface area contributed by atoms with E-state index in [0.29, 0.717) is 13.1 Å². The van der Waals surface area contributed by atoms with E-state index in [4.69, 9.17) is 10.2 Å². The molecule has 86 valence electrons. The van der Waals surface area contributed by atoms with Crippen LogP contribution >= 0.6 is 0 Å². The lowest BCUT2D eigenvalue weighted by Gasteiger charge is -2.25. The van der Waals surface area contributed by atoms with Crippen molar-refractivity contribution in [1.82, 2.24) is 4.90 Å². The minimum Gasteiger partial charge on any atom is -0.480 e. The fourth-order valence-electron chi connectivity index (χ4n) is 1.65. The van der Waals surface area contributed by atoms with E-state index in [0.717, 1.165) is 6.42 Å². The van der Waals surface area contributed by atoms with Crippen LogP contribution in [0.5, 0.6) is 0 Å².